The average molecular weight is 410 g/mol. The van der Waals surface area contributed by atoms with Gasteiger partial charge in [-0.15, -0.1) is 0 Å². The monoisotopic (exact) mass is 409 g/mol. The first-order valence-corrected chi connectivity index (χ1v) is 9.35. The standard InChI is InChI=1S/C22H17ClFN3O2/c23-16-9-6-11-18(22(16)24)26-21(28)13-27-19-12-5-4-10-17(19)25-20(27)14-29-15-7-2-1-3-8-15/h1-12H,13-14H2,(H,26,28). The highest BCUT2D eigenvalue weighted by Gasteiger charge is 2.16. The Labute approximate surface area is 171 Å². The maximum atomic E-state index is 14.1. The normalized spacial score (nSPS) is 10.8. The molecule has 0 aliphatic carbocycles. The summed E-state index contributed by atoms with van der Waals surface area (Å²) in [6, 6.07) is 21.3. The lowest BCUT2D eigenvalue weighted by Crippen LogP contribution is -2.21. The number of carbonyl (C=O) groups is 1. The van der Waals surface area contributed by atoms with Gasteiger partial charge in [-0.05, 0) is 36.4 Å². The van der Waals surface area contributed by atoms with Gasteiger partial charge in [0.05, 0.1) is 21.7 Å². The van der Waals surface area contributed by atoms with E-state index in [2.05, 4.69) is 10.3 Å². The molecular weight excluding hydrogens is 393 g/mol. The summed E-state index contributed by atoms with van der Waals surface area (Å²) >= 11 is 5.78. The van der Waals surface area contributed by atoms with Crippen molar-refractivity contribution in [1.29, 1.82) is 0 Å². The molecule has 1 N–H and O–H groups in total. The average Bonchev–Trinajstić information content (AvgIpc) is 3.08. The molecule has 146 valence electrons. The highest BCUT2D eigenvalue weighted by atomic mass is 35.5. The summed E-state index contributed by atoms with van der Waals surface area (Å²) in [6.45, 7) is 0.150. The maximum Gasteiger partial charge on any atom is 0.244 e. The van der Waals surface area contributed by atoms with Crippen molar-refractivity contribution in [3.05, 3.63) is 89.5 Å². The molecule has 7 heteroatoms. The summed E-state index contributed by atoms with van der Waals surface area (Å²) in [7, 11) is 0. The molecule has 0 bridgehead atoms. The van der Waals surface area contributed by atoms with Crippen molar-refractivity contribution in [1.82, 2.24) is 9.55 Å². The number of benzene rings is 3. The van der Waals surface area contributed by atoms with Crippen molar-refractivity contribution in [3.63, 3.8) is 0 Å². The molecule has 0 atom stereocenters. The highest BCUT2D eigenvalue weighted by Crippen LogP contribution is 2.23. The summed E-state index contributed by atoms with van der Waals surface area (Å²) in [5, 5.41) is 2.52. The quantitative estimate of drug-likeness (QED) is 0.485. The minimum atomic E-state index is -0.661. The van der Waals surface area contributed by atoms with Crippen LogP contribution in [0.3, 0.4) is 0 Å². The number of imidazole rings is 1. The fourth-order valence-electron chi connectivity index (χ4n) is 3.01. The lowest BCUT2D eigenvalue weighted by molar-refractivity contribution is -0.116. The third-order valence-electron chi connectivity index (χ3n) is 4.37. The number of rotatable bonds is 6. The van der Waals surface area contributed by atoms with Crippen LogP contribution in [-0.4, -0.2) is 15.5 Å². The number of fused-ring (bicyclic) bond motifs is 1. The first kappa shape index (κ1) is 19.0. The Morgan fingerprint density at radius 3 is 2.62 bits per heavy atom. The minimum Gasteiger partial charge on any atom is -0.486 e. The first-order valence-electron chi connectivity index (χ1n) is 8.97. The van der Waals surface area contributed by atoms with E-state index in [1.54, 1.807) is 10.6 Å². The van der Waals surface area contributed by atoms with E-state index in [4.69, 9.17) is 16.3 Å². The van der Waals surface area contributed by atoms with E-state index in [-0.39, 0.29) is 23.9 Å². The molecule has 0 saturated carbocycles. The number of carbonyl (C=O) groups excluding carboxylic acids is 1. The Morgan fingerprint density at radius 1 is 1.03 bits per heavy atom. The fraction of sp³-hybridized carbons (Fsp3) is 0.0909. The van der Waals surface area contributed by atoms with E-state index in [0.29, 0.717) is 11.6 Å². The molecule has 0 aliphatic heterocycles. The molecule has 0 fully saturated rings. The lowest BCUT2D eigenvalue weighted by Gasteiger charge is -2.12. The highest BCUT2D eigenvalue weighted by molar-refractivity contribution is 6.31. The zero-order chi connectivity index (χ0) is 20.2. The van der Waals surface area contributed by atoms with E-state index in [0.717, 1.165) is 11.0 Å². The van der Waals surface area contributed by atoms with Crippen LogP contribution in [0.5, 0.6) is 5.75 Å². The number of hydrogen-bond acceptors (Lipinski definition) is 3. The van der Waals surface area contributed by atoms with Crippen molar-refractivity contribution < 1.29 is 13.9 Å². The van der Waals surface area contributed by atoms with Crippen LogP contribution in [0.4, 0.5) is 10.1 Å². The number of halogens is 2. The van der Waals surface area contributed by atoms with Gasteiger partial charge in [-0.3, -0.25) is 4.79 Å². The zero-order valence-electron chi connectivity index (χ0n) is 15.3. The number of ether oxygens (including phenoxy) is 1. The van der Waals surface area contributed by atoms with Crippen molar-refractivity contribution in [2.75, 3.05) is 5.32 Å². The Bertz CT molecular complexity index is 1160. The number of hydrogen-bond donors (Lipinski definition) is 1. The second kappa shape index (κ2) is 8.32. The Kier molecular flexibility index (Phi) is 5.44. The number of anilines is 1. The van der Waals surface area contributed by atoms with Crippen LogP contribution in [0.15, 0.2) is 72.8 Å². The zero-order valence-corrected chi connectivity index (χ0v) is 16.1. The van der Waals surface area contributed by atoms with Gasteiger partial charge in [-0.2, -0.15) is 0 Å². The first-order chi connectivity index (χ1) is 14.1. The summed E-state index contributed by atoms with van der Waals surface area (Å²) in [5.41, 5.74) is 1.58. The predicted molar refractivity (Wildman–Crippen MR) is 111 cm³/mol. The van der Waals surface area contributed by atoms with E-state index in [1.807, 2.05) is 54.6 Å². The number of para-hydroxylation sites is 3. The fourth-order valence-corrected chi connectivity index (χ4v) is 3.18. The summed E-state index contributed by atoms with van der Waals surface area (Å²) < 4.78 is 21.7. The third-order valence-corrected chi connectivity index (χ3v) is 4.66. The molecule has 0 aliphatic rings. The van der Waals surface area contributed by atoms with Gasteiger partial charge in [0.25, 0.3) is 0 Å². The molecule has 4 rings (SSSR count). The molecule has 0 spiro atoms. The van der Waals surface area contributed by atoms with Crippen molar-refractivity contribution in [3.8, 4) is 5.75 Å². The Morgan fingerprint density at radius 2 is 1.79 bits per heavy atom. The van der Waals surface area contributed by atoms with Gasteiger partial charge in [0.2, 0.25) is 5.91 Å². The van der Waals surface area contributed by atoms with Gasteiger partial charge in [0, 0.05) is 0 Å². The SMILES string of the molecule is O=C(Cn1c(COc2ccccc2)nc2ccccc21)Nc1cccc(Cl)c1F. The largest absolute Gasteiger partial charge is 0.486 e. The van der Waals surface area contributed by atoms with Gasteiger partial charge >= 0.3 is 0 Å². The van der Waals surface area contributed by atoms with E-state index >= 15 is 0 Å². The molecule has 0 saturated heterocycles. The van der Waals surface area contributed by atoms with Crippen LogP contribution in [0.1, 0.15) is 5.82 Å². The second-order valence-electron chi connectivity index (χ2n) is 6.35. The number of nitrogens with one attached hydrogen (secondary N) is 1. The molecule has 1 amide bonds. The Hall–Kier alpha value is -3.38. The molecule has 5 nitrogen and oxygen atoms in total. The van der Waals surface area contributed by atoms with E-state index in [9.17, 15) is 9.18 Å². The van der Waals surface area contributed by atoms with Crippen molar-refractivity contribution in [2.24, 2.45) is 0 Å². The molecule has 4 aromatic rings. The maximum absolute atomic E-state index is 14.1. The lowest BCUT2D eigenvalue weighted by atomic mass is 10.3. The number of aromatic nitrogens is 2. The van der Waals surface area contributed by atoms with E-state index in [1.165, 1.54) is 12.1 Å². The summed E-state index contributed by atoms with van der Waals surface area (Å²) in [6.07, 6.45) is 0. The second-order valence-corrected chi connectivity index (χ2v) is 6.76. The molecule has 3 aromatic carbocycles. The smallest absolute Gasteiger partial charge is 0.244 e. The number of nitrogens with zero attached hydrogens (tertiary/aromatic N) is 2. The van der Waals surface area contributed by atoms with Crippen LogP contribution >= 0.6 is 11.6 Å². The van der Waals surface area contributed by atoms with Crippen LogP contribution in [-0.2, 0) is 17.9 Å². The van der Waals surface area contributed by atoms with Crippen LogP contribution < -0.4 is 10.1 Å². The van der Waals surface area contributed by atoms with Gasteiger partial charge in [-0.1, -0.05) is 48.0 Å². The summed E-state index contributed by atoms with van der Waals surface area (Å²) in [4.78, 5) is 17.2. The molecular formula is C22H17ClFN3O2. The molecule has 29 heavy (non-hydrogen) atoms. The molecule has 1 heterocycles. The van der Waals surface area contributed by atoms with Crippen LogP contribution in [0.25, 0.3) is 11.0 Å². The van der Waals surface area contributed by atoms with Crippen LogP contribution in [0.2, 0.25) is 5.02 Å². The van der Waals surface area contributed by atoms with Gasteiger partial charge in [0.1, 0.15) is 24.7 Å². The summed E-state index contributed by atoms with van der Waals surface area (Å²) in [5.74, 6) is 0.245. The van der Waals surface area contributed by atoms with E-state index < -0.39 is 11.7 Å². The Balaban J connectivity index is 1.58. The molecule has 0 radical (unpaired) electrons. The van der Waals surface area contributed by atoms with Crippen molar-refractivity contribution >= 4 is 34.2 Å². The topological polar surface area (TPSA) is 56.2 Å². The predicted octanol–water partition coefficient (Wildman–Crippen LogP) is 5.05. The van der Waals surface area contributed by atoms with Gasteiger partial charge in [0.15, 0.2) is 5.82 Å². The van der Waals surface area contributed by atoms with Gasteiger partial charge < -0.3 is 14.6 Å². The van der Waals surface area contributed by atoms with Crippen LogP contribution in [0, 0.1) is 5.82 Å². The molecule has 1 aromatic heterocycles. The number of amides is 1. The third kappa shape index (κ3) is 4.22. The molecule has 0 unspecified atom stereocenters. The van der Waals surface area contributed by atoms with Crippen molar-refractivity contribution in [2.45, 2.75) is 13.2 Å². The minimum absolute atomic E-state index is 0.0361. The van der Waals surface area contributed by atoms with Gasteiger partial charge in [-0.25, -0.2) is 9.37 Å².